The molecule has 142 valence electrons. The van der Waals surface area contributed by atoms with Crippen LogP contribution in [0, 0.1) is 5.82 Å². The Hall–Kier alpha value is -3.20. The number of nitrogens with one attached hydrogen (secondary N) is 1. The largest absolute Gasteiger partial charge is 0.454 e. The van der Waals surface area contributed by atoms with E-state index in [1.165, 1.54) is 12.1 Å². The number of carbonyl (C=O) groups excluding carboxylic acids is 1. The lowest BCUT2D eigenvalue weighted by molar-refractivity contribution is 0.102. The molecule has 5 rings (SSSR count). The molecule has 9 heteroatoms. The van der Waals surface area contributed by atoms with Gasteiger partial charge < -0.3 is 14.8 Å². The van der Waals surface area contributed by atoms with Gasteiger partial charge in [-0.15, -0.1) is 0 Å². The maximum absolute atomic E-state index is 13.3. The molecule has 0 saturated heterocycles. The van der Waals surface area contributed by atoms with Crippen molar-refractivity contribution in [3.05, 3.63) is 65.1 Å². The number of benzene rings is 2. The van der Waals surface area contributed by atoms with Crippen molar-refractivity contribution in [3.8, 4) is 17.2 Å². The highest BCUT2D eigenvalue weighted by Crippen LogP contribution is 2.34. The molecule has 3 aromatic rings. The van der Waals surface area contributed by atoms with Crippen LogP contribution in [0.4, 0.5) is 10.2 Å². The molecule has 0 spiro atoms. The molecule has 0 saturated carbocycles. The zero-order valence-corrected chi connectivity index (χ0v) is 15.3. The summed E-state index contributed by atoms with van der Waals surface area (Å²) in [6, 6.07) is 10.7. The molecule has 2 aliphatic heterocycles. The number of aromatic nitrogens is 2. The van der Waals surface area contributed by atoms with Crippen LogP contribution in [0.3, 0.4) is 0 Å². The summed E-state index contributed by atoms with van der Waals surface area (Å²) in [7, 11) is -1.05. The molecule has 3 heterocycles. The van der Waals surface area contributed by atoms with E-state index in [0.717, 1.165) is 5.56 Å². The van der Waals surface area contributed by atoms with Crippen LogP contribution in [0.2, 0.25) is 0 Å². The molecule has 1 amide bonds. The number of fused-ring (bicyclic) bond motifs is 2. The summed E-state index contributed by atoms with van der Waals surface area (Å²) in [5, 5.41) is 7.36. The first-order chi connectivity index (χ1) is 13.6. The first kappa shape index (κ1) is 16.9. The zero-order valence-electron chi connectivity index (χ0n) is 14.5. The Bertz CT molecular complexity index is 1130. The summed E-state index contributed by atoms with van der Waals surface area (Å²) in [5.41, 5.74) is 2.40. The summed E-state index contributed by atoms with van der Waals surface area (Å²) in [5.74, 6) is 1.45. The van der Waals surface area contributed by atoms with Gasteiger partial charge in [-0.25, -0.2) is 9.07 Å². The number of ether oxygens (including phenoxy) is 2. The van der Waals surface area contributed by atoms with E-state index in [-0.39, 0.29) is 18.5 Å². The van der Waals surface area contributed by atoms with Gasteiger partial charge in [-0.1, -0.05) is 0 Å². The van der Waals surface area contributed by atoms with Crippen molar-refractivity contribution in [2.75, 3.05) is 12.1 Å². The van der Waals surface area contributed by atoms with Crippen molar-refractivity contribution in [1.29, 1.82) is 0 Å². The number of hydrogen-bond donors (Lipinski definition) is 1. The van der Waals surface area contributed by atoms with Gasteiger partial charge in [-0.3, -0.25) is 9.00 Å². The second kappa shape index (κ2) is 6.45. The topological polar surface area (TPSA) is 82.5 Å². The fraction of sp³-hybridized carbons (Fsp3) is 0.158. The lowest BCUT2D eigenvalue weighted by Gasteiger charge is -2.11. The average molecular weight is 399 g/mol. The third-order valence-corrected chi connectivity index (χ3v) is 5.81. The minimum atomic E-state index is -1.05. The van der Waals surface area contributed by atoms with Gasteiger partial charge in [0.2, 0.25) is 6.79 Å². The van der Waals surface area contributed by atoms with Crippen LogP contribution in [-0.4, -0.2) is 26.7 Å². The SMILES string of the molecule is O=C(Nc1c2c(nn1-c1ccc(F)cc1)C[S@@](=O)C2)c1ccc2c(c1)OCO2. The highest BCUT2D eigenvalue weighted by atomic mass is 32.2. The van der Waals surface area contributed by atoms with Crippen LogP contribution in [-0.2, 0) is 22.3 Å². The molecule has 0 fully saturated rings. The van der Waals surface area contributed by atoms with Gasteiger partial charge in [0.05, 0.1) is 22.9 Å². The zero-order chi connectivity index (χ0) is 19.3. The molecular formula is C19H14FN3O4S. The third-order valence-electron chi connectivity index (χ3n) is 4.61. The quantitative estimate of drug-likeness (QED) is 0.732. The Labute approximate surface area is 161 Å². The third kappa shape index (κ3) is 2.84. The van der Waals surface area contributed by atoms with Crippen LogP contribution in [0.5, 0.6) is 11.5 Å². The molecule has 7 nitrogen and oxygen atoms in total. The molecular weight excluding hydrogens is 385 g/mol. The van der Waals surface area contributed by atoms with Crippen molar-refractivity contribution >= 4 is 22.5 Å². The Morgan fingerprint density at radius 3 is 2.71 bits per heavy atom. The van der Waals surface area contributed by atoms with Crippen LogP contribution in [0.25, 0.3) is 5.69 Å². The van der Waals surface area contributed by atoms with Crippen molar-refractivity contribution in [1.82, 2.24) is 9.78 Å². The summed E-state index contributed by atoms with van der Waals surface area (Å²) in [4.78, 5) is 12.8. The normalized spacial score (nSPS) is 16.8. The number of nitrogens with zero attached hydrogens (tertiary/aromatic N) is 2. The Balaban J connectivity index is 1.52. The Morgan fingerprint density at radius 1 is 1.11 bits per heavy atom. The van der Waals surface area contributed by atoms with E-state index in [0.29, 0.717) is 45.8 Å². The molecule has 0 aliphatic carbocycles. The van der Waals surface area contributed by atoms with Gasteiger partial charge in [0, 0.05) is 21.9 Å². The number of amides is 1. The maximum atomic E-state index is 13.3. The second-order valence-corrected chi connectivity index (χ2v) is 7.87. The van der Waals surface area contributed by atoms with Crippen molar-refractivity contribution in [2.45, 2.75) is 11.5 Å². The van der Waals surface area contributed by atoms with E-state index < -0.39 is 10.8 Å². The van der Waals surface area contributed by atoms with E-state index in [1.807, 2.05) is 0 Å². The van der Waals surface area contributed by atoms with E-state index >= 15 is 0 Å². The van der Waals surface area contributed by atoms with E-state index in [4.69, 9.17) is 9.47 Å². The van der Waals surface area contributed by atoms with E-state index in [9.17, 15) is 13.4 Å². The van der Waals surface area contributed by atoms with Crippen LogP contribution < -0.4 is 14.8 Å². The summed E-state index contributed by atoms with van der Waals surface area (Å²) in [6.45, 7) is 0.122. The predicted molar refractivity (Wildman–Crippen MR) is 99.6 cm³/mol. The van der Waals surface area contributed by atoms with Gasteiger partial charge in [0.1, 0.15) is 11.6 Å². The second-order valence-electron chi connectivity index (χ2n) is 6.41. The standard InChI is InChI=1S/C19H14FN3O4S/c20-12-2-4-13(5-3-12)23-18(14-8-28(25)9-15(14)22-23)21-19(24)11-1-6-16-17(7-11)27-10-26-16/h1-7H,8-10H2,(H,21,24)/t28-/m0/s1. The number of rotatable bonds is 3. The van der Waals surface area contributed by atoms with Crippen LogP contribution >= 0.6 is 0 Å². The predicted octanol–water partition coefficient (Wildman–Crippen LogP) is 2.75. The molecule has 2 aliphatic rings. The number of anilines is 1. The van der Waals surface area contributed by atoms with Crippen molar-refractivity contribution in [3.63, 3.8) is 0 Å². The molecule has 0 unspecified atom stereocenters. The Kier molecular flexibility index (Phi) is 3.90. The molecule has 0 bridgehead atoms. The maximum Gasteiger partial charge on any atom is 0.256 e. The van der Waals surface area contributed by atoms with Crippen molar-refractivity contribution in [2.24, 2.45) is 0 Å². The number of carbonyl (C=O) groups is 1. The average Bonchev–Trinajstić information content (AvgIpc) is 3.37. The lowest BCUT2D eigenvalue weighted by atomic mass is 10.2. The molecule has 1 aromatic heterocycles. The first-order valence-corrected chi connectivity index (χ1v) is 10.00. The van der Waals surface area contributed by atoms with Gasteiger partial charge in [-0.05, 0) is 42.5 Å². The fourth-order valence-corrected chi connectivity index (χ4v) is 4.51. The van der Waals surface area contributed by atoms with Gasteiger partial charge >= 0.3 is 0 Å². The summed E-state index contributed by atoms with van der Waals surface area (Å²) >= 11 is 0. The molecule has 28 heavy (non-hydrogen) atoms. The highest BCUT2D eigenvalue weighted by Gasteiger charge is 2.29. The number of halogens is 1. The van der Waals surface area contributed by atoms with E-state index in [1.54, 1.807) is 35.0 Å². The monoisotopic (exact) mass is 399 g/mol. The molecule has 1 N–H and O–H groups in total. The fourth-order valence-electron chi connectivity index (χ4n) is 3.24. The van der Waals surface area contributed by atoms with E-state index in [2.05, 4.69) is 10.4 Å². The smallest absolute Gasteiger partial charge is 0.256 e. The van der Waals surface area contributed by atoms with Gasteiger partial charge in [0.25, 0.3) is 5.91 Å². The molecule has 2 aromatic carbocycles. The number of hydrogen-bond acceptors (Lipinski definition) is 5. The minimum Gasteiger partial charge on any atom is -0.454 e. The Morgan fingerprint density at radius 2 is 1.89 bits per heavy atom. The van der Waals surface area contributed by atoms with Gasteiger partial charge in [0.15, 0.2) is 11.5 Å². The molecule has 0 radical (unpaired) electrons. The summed E-state index contributed by atoms with van der Waals surface area (Å²) < 4.78 is 37.4. The van der Waals surface area contributed by atoms with Crippen LogP contribution in [0.15, 0.2) is 42.5 Å². The van der Waals surface area contributed by atoms with Crippen LogP contribution in [0.1, 0.15) is 21.6 Å². The van der Waals surface area contributed by atoms with Gasteiger partial charge in [-0.2, -0.15) is 5.10 Å². The lowest BCUT2D eigenvalue weighted by Crippen LogP contribution is -2.16. The molecule has 1 atom stereocenters. The summed E-state index contributed by atoms with van der Waals surface area (Å²) in [6.07, 6.45) is 0. The minimum absolute atomic E-state index is 0.122. The highest BCUT2D eigenvalue weighted by molar-refractivity contribution is 7.83. The first-order valence-electron chi connectivity index (χ1n) is 8.51. The van der Waals surface area contributed by atoms with Crippen molar-refractivity contribution < 1.29 is 22.9 Å².